The molecule has 4 heteroatoms. The Kier molecular flexibility index (Phi) is 4.32. The summed E-state index contributed by atoms with van der Waals surface area (Å²) in [5.41, 5.74) is 6.67. The number of hydrogen-bond acceptors (Lipinski definition) is 3. The molecule has 0 bridgehead atoms. The zero-order chi connectivity index (χ0) is 13.3. The molecule has 1 aliphatic carbocycles. The van der Waals surface area contributed by atoms with Crippen LogP contribution in [-0.4, -0.2) is 12.2 Å². The van der Waals surface area contributed by atoms with E-state index in [1.165, 1.54) is 37.0 Å². The van der Waals surface area contributed by atoms with Crippen LogP contribution in [0.25, 0.3) is 0 Å². The predicted molar refractivity (Wildman–Crippen MR) is 83.4 cm³/mol. The zero-order valence-electron chi connectivity index (χ0n) is 11.2. The predicted octanol–water partition coefficient (Wildman–Crippen LogP) is 4.64. The molecule has 2 atom stereocenters. The van der Waals surface area contributed by atoms with Crippen molar-refractivity contribution in [1.82, 2.24) is 0 Å². The van der Waals surface area contributed by atoms with Crippen LogP contribution in [0.15, 0.2) is 15.9 Å². The van der Waals surface area contributed by atoms with Crippen molar-refractivity contribution in [3.63, 3.8) is 0 Å². The van der Waals surface area contributed by atoms with Crippen LogP contribution in [0, 0.1) is 5.92 Å². The monoisotopic (exact) mass is 343 g/mol. The highest BCUT2D eigenvalue weighted by Crippen LogP contribution is 2.44. The first-order valence-electron chi connectivity index (χ1n) is 7.32. The largest absolute Gasteiger partial charge is 0.375 e. The summed E-state index contributed by atoms with van der Waals surface area (Å²) in [5.74, 6) is 0.581. The lowest BCUT2D eigenvalue weighted by atomic mass is 9.74. The molecule has 0 radical (unpaired) electrons. The van der Waals surface area contributed by atoms with Gasteiger partial charge in [-0.3, -0.25) is 0 Å². The molecule has 19 heavy (non-hydrogen) atoms. The molecule has 1 aromatic rings. The number of ether oxygens (including phenoxy) is 1. The van der Waals surface area contributed by atoms with Crippen LogP contribution in [0.4, 0.5) is 0 Å². The Morgan fingerprint density at radius 3 is 2.84 bits per heavy atom. The van der Waals surface area contributed by atoms with Crippen molar-refractivity contribution in [2.45, 2.75) is 56.6 Å². The molecular weight excluding hydrogens is 322 g/mol. The Balaban J connectivity index is 1.70. The lowest BCUT2D eigenvalue weighted by Gasteiger charge is -2.44. The van der Waals surface area contributed by atoms with E-state index in [-0.39, 0.29) is 11.6 Å². The third-order valence-electron chi connectivity index (χ3n) is 4.72. The normalized spacial score (nSPS) is 28.4. The van der Waals surface area contributed by atoms with Gasteiger partial charge in [0.2, 0.25) is 0 Å². The molecule has 1 spiro atoms. The van der Waals surface area contributed by atoms with E-state index < -0.39 is 0 Å². The maximum absolute atomic E-state index is 6.51. The molecule has 106 valence electrons. The first-order chi connectivity index (χ1) is 9.19. The summed E-state index contributed by atoms with van der Waals surface area (Å²) in [4.78, 5) is 1.31. The fraction of sp³-hybridized carbons (Fsp3) is 0.733. The third kappa shape index (κ3) is 3.07. The minimum Gasteiger partial charge on any atom is -0.375 e. The zero-order valence-corrected chi connectivity index (χ0v) is 13.6. The minimum atomic E-state index is 0.160. The van der Waals surface area contributed by atoms with Crippen LogP contribution in [0.2, 0.25) is 0 Å². The van der Waals surface area contributed by atoms with Gasteiger partial charge >= 0.3 is 0 Å². The Bertz CT molecular complexity index is 422. The van der Waals surface area contributed by atoms with Crippen molar-refractivity contribution >= 4 is 27.3 Å². The van der Waals surface area contributed by atoms with E-state index in [1.807, 2.05) is 0 Å². The summed E-state index contributed by atoms with van der Waals surface area (Å²) in [6.45, 7) is 0.894. The molecule has 0 amide bonds. The van der Waals surface area contributed by atoms with Crippen molar-refractivity contribution in [1.29, 1.82) is 0 Å². The SMILES string of the molecule is NC(c1cc(Br)cs1)C1CCOC2(CCCCC2)C1. The van der Waals surface area contributed by atoms with Gasteiger partial charge < -0.3 is 10.5 Å². The van der Waals surface area contributed by atoms with Crippen LogP contribution in [0.1, 0.15) is 55.9 Å². The van der Waals surface area contributed by atoms with Gasteiger partial charge in [-0.1, -0.05) is 19.3 Å². The van der Waals surface area contributed by atoms with Gasteiger partial charge in [0.15, 0.2) is 0 Å². The Labute approximate surface area is 127 Å². The Morgan fingerprint density at radius 1 is 1.37 bits per heavy atom. The van der Waals surface area contributed by atoms with Gasteiger partial charge in [0.05, 0.1) is 5.60 Å². The fourth-order valence-electron chi connectivity index (χ4n) is 3.65. The molecule has 2 heterocycles. The highest BCUT2D eigenvalue weighted by atomic mass is 79.9. The van der Waals surface area contributed by atoms with Gasteiger partial charge in [0, 0.05) is 27.4 Å². The topological polar surface area (TPSA) is 35.2 Å². The molecule has 2 unspecified atom stereocenters. The van der Waals surface area contributed by atoms with E-state index in [4.69, 9.17) is 10.5 Å². The first-order valence-corrected chi connectivity index (χ1v) is 8.99. The fourth-order valence-corrected chi connectivity index (χ4v) is 5.19. The van der Waals surface area contributed by atoms with E-state index in [2.05, 4.69) is 27.4 Å². The summed E-state index contributed by atoms with van der Waals surface area (Å²) < 4.78 is 7.32. The average molecular weight is 344 g/mol. The van der Waals surface area contributed by atoms with Crippen molar-refractivity contribution in [3.05, 3.63) is 20.8 Å². The van der Waals surface area contributed by atoms with Crippen LogP contribution < -0.4 is 5.73 Å². The van der Waals surface area contributed by atoms with E-state index in [1.54, 1.807) is 11.3 Å². The number of halogens is 1. The molecule has 1 saturated carbocycles. The van der Waals surface area contributed by atoms with Gasteiger partial charge in [-0.05, 0) is 53.6 Å². The smallest absolute Gasteiger partial charge is 0.0686 e. The third-order valence-corrected chi connectivity index (χ3v) is 6.51. The van der Waals surface area contributed by atoms with Gasteiger partial charge in [-0.15, -0.1) is 11.3 Å². The number of nitrogens with two attached hydrogens (primary N) is 1. The lowest BCUT2D eigenvalue weighted by molar-refractivity contribution is -0.120. The molecule has 1 aliphatic heterocycles. The average Bonchev–Trinajstić information content (AvgIpc) is 2.85. The van der Waals surface area contributed by atoms with E-state index >= 15 is 0 Å². The maximum Gasteiger partial charge on any atom is 0.0686 e. The quantitative estimate of drug-likeness (QED) is 0.848. The van der Waals surface area contributed by atoms with Crippen LogP contribution in [0.3, 0.4) is 0 Å². The second kappa shape index (κ2) is 5.84. The molecule has 2 aliphatic rings. The van der Waals surface area contributed by atoms with Crippen molar-refractivity contribution in [3.8, 4) is 0 Å². The van der Waals surface area contributed by atoms with Crippen LogP contribution in [0.5, 0.6) is 0 Å². The Morgan fingerprint density at radius 2 is 2.16 bits per heavy atom. The number of rotatable bonds is 2. The van der Waals surface area contributed by atoms with E-state index in [0.717, 1.165) is 23.9 Å². The summed E-state index contributed by atoms with van der Waals surface area (Å²) in [5, 5.41) is 2.13. The van der Waals surface area contributed by atoms with Crippen LogP contribution in [-0.2, 0) is 4.74 Å². The number of hydrogen-bond donors (Lipinski definition) is 1. The first kappa shape index (κ1) is 14.1. The summed E-state index contributed by atoms with van der Waals surface area (Å²) in [6.07, 6.45) is 8.77. The van der Waals surface area contributed by atoms with E-state index in [9.17, 15) is 0 Å². The van der Waals surface area contributed by atoms with Gasteiger partial charge in [0.25, 0.3) is 0 Å². The van der Waals surface area contributed by atoms with Gasteiger partial charge in [0.1, 0.15) is 0 Å². The molecule has 1 saturated heterocycles. The van der Waals surface area contributed by atoms with Gasteiger partial charge in [-0.25, -0.2) is 0 Å². The van der Waals surface area contributed by atoms with Crippen molar-refractivity contribution in [2.75, 3.05) is 6.61 Å². The standard InChI is InChI=1S/C15H22BrNOS/c16-12-8-13(19-10-12)14(17)11-4-7-18-15(9-11)5-2-1-3-6-15/h8,10-11,14H,1-7,9,17H2. The molecule has 2 N–H and O–H groups in total. The molecular formula is C15H22BrNOS. The molecule has 3 rings (SSSR count). The van der Waals surface area contributed by atoms with Crippen molar-refractivity contribution in [2.24, 2.45) is 11.7 Å². The van der Waals surface area contributed by atoms with E-state index in [0.29, 0.717) is 5.92 Å². The second-order valence-electron chi connectivity index (χ2n) is 6.04. The summed E-state index contributed by atoms with van der Waals surface area (Å²) >= 11 is 5.30. The van der Waals surface area contributed by atoms with Gasteiger partial charge in [-0.2, -0.15) is 0 Å². The summed E-state index contributed by atoms with van der Waals surface area (Å²) in [7, 11) is 0. The molecule has 0 aromatic carbocycles. The number of thiophene rings is 1. The second-order valence-corrected chi connectivity index (χ2v) is 7.90. The molecule has 2 nitrogen and oxygen atoms in total. The minimum absolute atomic E-state index is 0.160. The van der Waals surface area contributed by atoms with Crippen molar-refractivity contribution < 1.29 is 4.74 Å². The van der Waals surface area contributed by atoms with Crippen LogP contribution >= 0.6 is 27.3 Å². The summed E-state index contributed by atoms with van der Waals surface area (Å²) in [6, 6.07) is 2.36. The highest BCUT2D eigenvalue weighted by molar-refractivity contribution is 9.10. The Hall–Kier alpha value is 0.1000. The lowest BCUT2D eigenvalue weighted by Crippen LogP contribution is -2.43. The maximum atomic E-state index is 6.51. The molecule has 1 aromatic heterocycles. The molecule has 2 fully saturated rings. The highest BCUT2D eigenvalue weighted by Gasteiger charge is 2.40.